The van der Waals surface area contributed by atoms with Gasteiger partial charge in [0.25, 0.3) is 0 Å². The Morgan fingerprint density at radius 2 is 2.00 bits per heavy atom. The van der Waals surface area contributed by atoms with Crippen LogP contribution in [0.15, 0.2) is 5.16 Å². The summed E-state index contributed by atoms with van der Waals surface area (Å²) in [5.74, 6) is -0.760. The number of oxime groups is 1. The number of amidine groups is 1. The molecular weight excluding hydrogens is 248 g/mol. The van der Waals surface area contributed by atoms with Crippen molar-refractivity contribution in [1.29, 1.82) is 0 Å². The van der Waals surface area contributed by atoms with Crippen molar-refractivity contribution in [3.63, 3.8) is 0 Å². The number of amides is 2. The molecule has 0 saturated carbocycles. The summed E-state index contributed by atoms with van der Waals surface area (Å²) < 4.78 is 0. The molecule has 7 heteroatoms. The number of nitrogens with zero attached hydrogens (tertiary/aromatic N) is 2. The fourth-order valence-electron chi connectivity index (χ4n) is 1.63. The van der Waals surface area contributed by atoms with Crippen LogP contribution in [0, 0.1) is 5.41 Å². The summed E-state index contributed by atoms with van der Waals surface area (Å²) in [7, 11) is 1.51. The molecule has 0 radical (unpaired) electrons. The fraction of sp³-hybridized carbons (Fsp3) is 0.750. The maximum atomic E-state index is 12.3. The minimum atomic E-state index is -1.11. The van der Waals surface area contributed by atoms with Crippen LogP contribution in [0.1, 0.15) is 34.1 Å². The summed E-state index contributed by atoms with van der Waals surface area (Å²) in [4.78, 5) is 25.2. The minimum Gasteiger partial charge on any atom is -0.409 e. The number of rotatable bonds is 6. The highest BCUT2D eigenvalue weighted by atomic mass is 16.4. The van der Waals surface area contributed by atoms with Crippen molar-refractivity contribution < 1.29 is 14.8 Å². The van der Waals surface area contributed by atoms with E-state index in [1.165, 1.54) is 11.9 Å². The highest BCUT2D eigenvalue weighted by Gasteiger charge is 2.38. The van der Waals surface area contributed by atoms with E-state index in [4.69, 9.17) is 10.9 Å². The Morgan fingerprint density at radius 3 is 2.37 bits per heavy atom. The number of nitrogens with two attached hydrogens (primary N) is 1. The molecule has 0 aromatic rings. The van der Waals surface area contributed by atoms with Crippen LogP contribution in [-0.2, 0) is 9.59 Å². The molecular formula is C12H24N4O3. The standard InChI is InChI=1S/C12H24N4O3/c1-6-12(4,10(13)15-19)11(18)16(5)7-9(17)14-8(2)3/h8,19H,6-7H2,1-5H3,(H2,13,15)(H,14,17). The van der Waals surface area contributed by atoms with E-state index in [1.807, 2.05) is 13.8 Å². The Bertz CT molecular complexity index is 368. The molecule has 110 valence electrons. The van der Waals surface area contributed by atoms with Gasteiger partial charge in [-0.3, -0.25) is 9.59 Å². The van der Waals surface area contributed by atoms with Crippen molar-refractivity contribution in [1.82, 2.24) is 10.2 Å². The van der Waals surface area contributed by atoms with Crippen molar-refractivity contribution in [2.45, 2.75) is 40.2 Å². The van der Waals surface area contributed by atoms with Gasteiger partial charge in [0, 0.05) is 13.1 Å². The molecule has 0 aliphatic heterocycles. The van der Waals surface area contributed by atoms with Crippen LogP contribution in [0.5, 0.6) is 0 Å². The van der Waals surface area contributed by atoms with Gasteiger partial charge in [-0.1, -0.05) is 12.1 Å². The third-order valence-corrected chi connectivity index (χ3v) is 3.03. The summed E-state index contributed by atoms with van der Waals surface area (Å²) in [6.45, 7) is 6.96. The zero-order valence-corrected chi connectivity index (χ0v) is 12.2. The molecule has 0 aliphatic rings. The Labute approximate surface area is 113 Å². The molecule has 2 amide bonds. The molecule has 0 aromatic carbocycles. The number of carbonyl (C=O) groups is 2. The van der Waals surface area contributed by atoms with Crippen molar-refractivity contribution in [3.8, 4) is 0 Å². The smallest absolute Gasteiger partial charge is 0.239 e. The average molecular weight is 272 g/mol. The second-order valence-electron chi connectivity index (χ2n) is 5.05. The fourth-order valence-corrected chi connectivity index (χ4v) is 1.63. The first kappa shape index (κ1) is 17.2. The zero-order valence-electron chi connectivity index (χ0n) is 12.2. The summed E-state index contributed by atoms with van der Waals surface area (Å²) >= 11 is 0. The van der Waals surface area contributed by atoms with Crippen LogP contribution >= 0.6 is 0 Å². The van der Waals surface area contributed by atoms with E-state index in [-0.39, 0.29) is 30.2 Å². The Morgan fingerprint density at radius 1 is 1.47 bits per heavy atom. The highest BCUT2D eigenvalue weighted by molar-refractivity contribution is 6.06. The normalized spacial score (nSPS) is 14.9. The van der Waals surface area contributed by atoms with Gasteiger partial charge in [-0.05, 0) is 27.2 Å². The van der Waals surface area contributed by atoms with Crippen molar-refractivity contribution in [2.24, 2.45) is 16.3 Å². The highest BCUT2D eigenvalue weighted by Crippen LogP contribution is 2.23. The topological polar surface area (TPSA) is 108 Å². The molecule has 0 aliphatic carbocycles. The lowest BCUT2D eigenvalue weighted by molar-refractivity contribution is -0.140. The minimum absolute atomic E-state index is 0.0117. The predicted octanol–water partition coefficient (Wildman–Crippen LogP) is 0.132. The predicted molar refractivity (Wildman–Crippen MR) is 72.7 cm³/mol. The molecule has 0 saturated heterocycles. The second kappa shape index (κ2) is 6.96. The molecule has 0 heterocycles. The number of nitrogens with one attached hydrogen (secondary N) is 1. The molecule has 0 bridgehead atoms. The van der Waals surface area contributed by atoms with Crippen LogP contribution < -0.4 is 11.1 Å². The van der Waals surface area contributed by atoms with Crippen molar-refractivity contribution in [2.75, 3.05) is 13.6 Å². The molecule has 1 atom stereocenters. The lowest BCUT2D eigenvalue weighted by Crippen LogP contribution is -2.50. The van der Waals surface area contributed by atoms with E-state index in [2.05, 4.69) is 10.5 Å². The zero-order chi connectivity index (χ0) is 15.2. The number of hydrogen-bond acceptors (Lipinski definition) is 4. The van der Waals surface area contributed by atoms with Gasteiger partial charge in [0.1, 0.15) is 5.41 Å². The van der Waals surface area contributed by atoms with E-state index in [0.29, 0.717) is 6.42 Å². The molecule has 0 rings (SSSR count). The average Bonchev–Trinajstić information content (AvgIpc) is 2.34. The number of likely N-dealkylation sites (N-methyl/N-ethyl adjacent to an activating group) is 1. The van der Waals surface area contributed by atoms with Gasteiger partial charge >= 0.3 is 0 Å². The summed E-state index contributed by atoms with van der Waals surface area (Å²) in [5.41, 5.74) is 4.45. The van der Waals surface area contributed by atoms with E-state index in [9.17, 15) is 9.59 Å². The van der Waals surface area contributed by atoms with Crippen LogP contribution in [0.4, 0.5) is 0 Å². The molecule has 0 spiro atoms. The van der Waals surface area contributed by atoms with Crippen LogP contribution in [0.25, 0.3) is 0 Å². The first-order valence-corrected chi connectivity index (χ1v) is 6.22. The first-order chi connectivity index (χ1) is 8.68. The van der Waals surface area contributed by atoms with E-state index in [0.717, 1.165) is 0 Å². The second-order valence-corrected chi connectivity index (χ2v) is 5.05. The monoisotopic (exact) mass is 272 g/mol. The van der Waals surface area contributed by atoms with Crippen molar-refractivity contribution in [3.05, 3.63) is 0 Å². The summed E-state index contributed by atoms with van der Waals surface area (Å²) in [6.07, 6.45) is 0.373. The molecule has 0 fully saturated rings. The third-order valence-electron chi connectivity index (χ3n) is 3.03. The Hall–Kier alpha value is -1.79. The van der Waals surface area contributed by atoms with Gasteiger partial charge in [-0.15, -0.1) is 0 Å². The van der Waals surface area contributed by atoms with E-state index >= 15 is 0 Å². The van der Waals surface area contributed by atoms with Crippen LogP contribution in [-0.4, -0.2) is 47.4 Å². The van der Waals surface area contributed by atoms with E-state index < -0.39 is 5.41 Å². The maximum absolute atomic E-state index is 12.3. The van der Waals surface area contributed by atoms with Gasteiger partial charge in [0.2, 0.25) is 11.8 Å². The Kier molecular flexibility index (Phi) is 6.31. The van der Waals surface area contributed by atoms with E-state index in [1.54, 1.807) is 13.8 Å². The molecule has 7 nitrogen and oxygen atoms in total. The molecule has 19 heavy (non-hydrogen) atoms. The van der Waals surface area contributed by atoms with Crippen LogP contribution in [0.2, 0.25) is 0 Å². The SMILES string of the molecule is CCC(C)(C(=O)N(C)CC(=O)NC(C)C)C(N)=NO. The summed E-state index contributed by atoms with van der Waals surface area (Å²) in [5, 5.41) is 14.4. The van der Waals surface area contributed by atoms with Gasteiger partial charge in [-0.25, -0.2) is 0 Å². The van der Waals surface area contributed by atoms with Gasteiger partial charge in [0.15, 0.2) is 5.84 Å². The summed E-state index contributed by atoms with van der Waals surface area (Å²) in [6, 6.07) is 0.0117. The first-order valence-electron chi connectivity index (χ1n) is 6.22. The molecule has 4 N–H and O–H groups in total. The van der Waals surface area contributed by atoms with Gasteiger partial charge < -0.3 is 21.2 Å². The number of hydrogen-bond donors (Lipinski definition) is 3. The van der Waals surface area contributed by atoms with Gasteiger partial charge in [0.05, 0.1) is 6.54 Å². The Balaban J connectivity index is 4.85. The largest absolute Gasteiger partial charge is 0.409 e. The number of carbonyl (C=O) groups excluding carboxylic acids is 2. The quantitative estimate of drug-likeness (QED) is 0.276. The molecule has 0 aromatic heterocycles. The maximum Gasteiger partial charge on any atom is 0.239 e. The van der Waals surface area contributed by atoms with Crippen LogP contribution in [0.3, 0.4) is 0 Å². The third kappa shape index (κ3) is 4.42. The van der Waals surface area contributed by atoms with Gasteiger partial charge in [-0.2, -0.15) is 0 Å². The van der Waals surface area contributed by atoms with Crippen molar-refractivity contribution >= 4 is 17.6 Å². The lowest BCUT2D eigenvalue weighted by Gasteiger charge is -2.30. The lowest BCUT2D eigenvalue weighted by atomic mass is 9.84. The molecule has 1 unspecified atom stereocenters.